The fourth-order valence-electron chi connectivity index (χ4n) is 0.402. The second-order valence-corrected chi connectivity index (χ2v) is 1.51. The zero-order valence-electron chi connectivity index (χ0n) is 6.61. The molecular weight excluding hydrogens is 146 g/mol. The third kappa shape index (κ3) is 12.1. The first-order valence-corrected chi connectivity index (χ1v) is 3.01. The van der Waals surface area contributed by atoms with Gasteiger partial charge in [0.2, 0.25) is 0 Å². The van der Waals surface area contributed by atoms with E-state index in [-0.39, 0.29) is 0 Å². The third-order valence-electron chi connectivity index (χ3n) is 0.675. The molecule has 0 radical (unpaired) electrons. The van der Waals surface area contributed by atoms with Gasteiger partial charge in [-0.05, 0) is 12.5 Å². The molecule has 0 spiro atoms. The van der Waals surface area contributed by atoms with Crippen LogP contribution >= 0.6 is 0 Å². The van der Waals surface area contributed by atoms with Crippen LogP contribution in [-0.4, -0.2) is 0 Å². The number of hydrogen-bond acceptors (Lipinski definition) is 0. The Morgan fingerprint density at radius 3 is 2.00 bits per heavy atom. The van der Waals surface area contributed by atoms with Crippen LogP contribution in [0.25, 0.3) is 0 Å². The van der Waals surface area contributed by atoms with Crippen molar-refractivity contribution in [3.8, 4) is 0 Å². The Hall–Kier alpha value is -1.18. The Labute approximate surface area is 66.2 Å². The summed E-state index contributed by atoms with van der Waals surface area (Å²) in [6.45, 7) is 11.1. The first kappa shape index (κ1) is 12.5. The minimum absolute atomic E-state index is 0.317. The van der Waals surface area contributed by atoms with E-state index >= 15 is 0 Å². The van der Waals surface area contributed by atoms with E-state index in [0.29, 0.717) is 5.57 Å². The van der Waals surface area contributed by atoms with Crippen LogP contribution < -0.4 is 0 Å². The van der Waals surface area contributed by atoms with Crippen molar-refractivity contribution in [3.05, 3.63) is 49.6 Å². The zero-order chi connectivity index (χ0) is 9.28. The van der Waals surface area contributed by atoms with Crippen molar-refractivity contribution >= 4 is 0 Å². The molecule has 0 aliphatic rings. The Morgan fingerprint density at radius 2 is 1.73 bits per heavy atom. The standard InChI is InChI=1S/C7H8F2.C2H4/c1-3-4-6(2)5-7(8)9;1-2/h3-5H,2H2,1H3;1-2H2/b4-3-;. The van der Waals surface area contributed by atoms with Gasteiger partial charge in [-0.3, -0.25) is 0 Å². The quantitative estimate of drug-likeness (QED) is 0.424. The summed E-state index contributed by atoms with van der Waals surface area (Å²) >= 11 is 0. The summed E-state index contributed by atoms with van der Waals surface area (Å²) in [5.41, 5.74) is 0.317. The van der Waals surface area contributed by atoms with Gasteiger partial charge in [-0.15, -0.1) is 13.2 Å². The van der Waals surface area contributed by atoms with Gasteiger partial charge < -0.3 is 0 Å². The van der Waals surface area contributed by atoms with Crippen LogP contribution in [0.5, 0.6) is 0 Å². The summed E-state index contributed by atoms with van der Waals surface area (Å²) in [6, 6.07) is 0. The van der Waals surface area contributed by atoms with Gasteiger partial charge in [0.25, 0.3) is 6.08 Å². The van der Waals surface area contributed by atoms with Crippen LogP contribution in [0.4, 0.5) is 8.78 Å². The summed E-state index contributed by atoms with van der Waals surface area (Å²) in [4.78, 5) is 0. The summed E-state index contributed by atoms with van der Waals surface area (Å²) in [5, 5.41) is 0. The zero-order valence-corrected chi connectivity index (χ0v) is 6.61. The molecule has 0 aromatic heterocycles. The molecule has 0 unspecified atom stereocenters. The second kappa shape index (κ2) is 8.82. The second-order valence-electron chi connectivity index (χ2n) is 1.51. The molecule has 0 N–H and O–H groups in total. The maximum atomic E-state index is 11.4. The van der Waals surface area contributed by atoms with E-state index in [1.54, 1.807) is 13.0 Å². The molecule has 0 bridgehead atoms. The highest BCUT2D eigenvalue weighted by atomic mass is 19.3. The predicted octanol–water partition coefficient (Wildman–Crippen LogP) is 3.70. The molecule has 0 fully saturated rings. The smallest absolute Gasteiger partial charge is 0.173 e. The van der Waals surface area contributed by atoms with Gasteiger partial charge in [0, 0.05) is 6.08 Å². The average molecular weight is 158 g/mol. The molecule has 0 aromatic carbocycles. The SMILES string of the molecule is C=C.C=C(C=C(F)F)/C=C\C. The van der Waals surface area contributed by atoms with Crippen molar-refractivity contribution in [1.29, 1.82) is 0 Å². The van der Waals surface area contributed by atoms with Gasteiger partial charge >= 0.3 is 0 Å². The fraction of sp³-hybridized carbons (Fsp3) is 0.111. The van der Waals surface area contributed by atoms with Gasteiger partial charge in [0.15, 0.2) is 0 Å². The molecule has 11 heavy (non-hydrogen) atoms. The van der Waals surface area contributed by atoms with Crippen LogP contribution in [0, 0.1) is 0 Å². The van der Waals surface area contributed by atoms with E-state index < -0.39 is 6.08 Å². The number of allylic oxidation sites excluding steroid dienone is 4. The van der Waals surface area contributed by atoms with Gasteiger partial charge in [0.1, 0.15) is 0 Å². The van der Waals surface area contributed by atoms with Crippen LogP contribution in [0.3, 0.4) is 0 Å². The Balaban J connectivity index is 0. The Morgan fingerprint density at radius 1 is 1.27 bits per heavy atom. The molecule has 62 valence electrons. The van der Waals surface area contributed by atoms with Crippen LogP contribution in [0.1, 0.15) is 6.92 Å². The van der Waals surface area contributed by atoms with Crippen LogP contribution in [0.15, 0.2) is 49.6 Å². The van der Waals surface area contributed by atoms with Crippen molar-refractivity contribution in [1.82, 2.24) is 0 Å². The fourth-order valence-corrected chi connectivity index (χ4v) is 0.402. The molecule has 0 aromatic rings. The first-order chi connectivity index (χ1) is 5.16. The first-order valence-electron chi connectivity index (χ1n) is 3.01. The molecule has 0 amide bonds. The molecule has 0 nitrogen and oxygen atoms in total. The minimum Gasteiger partial charge on any atom is -0.173 e. The van der Waals surface area contributed by atoms with E-state index in [0.717, 1.165) is 6.08 Å². The van der Waals surface area contributed by atoms with E-state index in [1.807, 2.05) is 0 Å². The molecule has 0 aliphatic carbocycles. The topological polar surface area (TPSA) is 0 Å². The number of rotatable bonds is 2. The normalized spacial score (nSPS) is 8.27. The highest BCUT2D eigenvalue weighted by Crippen LogP contribution is 2.03. The summed E-state index contributed by atoms with van der Waals surface area (Å²) in [6.07, 6.45) is 2.18. The highest BCUT2D eigenvalue weighted by molar-refractivity contribution is 5.26. The lowest BCUT2D eigenvalue weighted by Gasteiger charge is -1.83. The van der Waals surface area contributed by atoms with E-state index in [1.165, 1.54) is 6.08 Å². The minimum atomic E-state index is -1.71. The summed E-state index contributed by atoms with van der Waals surface area (Å²) in [7, 11) is 0. The Bertz CT molecular complexity index is 162. The molecule has 2 heteroatoms. The van der Waals surface area contributed by atoms with Crippen LogP contribution in [-0.2, 0) is 0 Å². The highest BCUT2D eigenvalue weighted by Gasteiger charge is 1.86. The lowest BCUT2D eigenvalue weighted by atomic mass is 10.3. The van der Waals surface area contributed by atoms with Crippen LogP contribution in [0.2, 0.25) is 0 Å². The summed E-state index contributed by atoms with van der Waals surface area (Å²) < 4.78 is 22.7. The molecule has 0 saturated heterocycles. The molecule has 0 aliphatic heterocycles. The van der Waals surface area contributed by atoms with E-state index in [2.05, 4.69) is 19.7 Å². The van der Waals surface area contributed by atoms with Crippen molar-refractivity contribution in [2.45, 2.75) is 6.92 Å². The van der Waals surface area contributed by atoms with Gasteiger partial charge in [0.05, 0.1) is 0 Å². The van der Waals surface area contributed by atoms with E-state index in [9.17, 15) is 8.78 Å². The average Bonchev–Trinajstić information content (AvgIpc) is 1.91. The molecule has 0 atom stereocenters. The lowest BCUT2D eigenvalue weighted by molar-refractivity contribution is 0.421. The maximum Gasteiger partial charge on any atom is 0.270 e. The van der Waals surface area contributed by atoms with Crippen molar-refractivity contribution in [3.63, 3.8) is 0 Å². The molecular formula is C9H12F2. The van der Waals surface area contributed by atoms with Gasteiger partial charge in [-0.1, -0.05) is 18.7 Å². The summed E-state index contributed by atoms with van der Waals surface area (Å²) in [5.74, 6) is 0. The van der Waals surface area contributed by atoms with E-state index in [4.69, 9.17) is 0 Å². The van der Waals surface area contributed by atoms with Gasteiger partial charge in [-0.2, -0.15) is 8.78 Å². The predicted molar refractivity (Wildman–Crippen MR) is 45.5 cm³/mol. The Kier molecular flexibility index (Phi) is 10.0. The molecule has 0 heterocycles. The molecule has 0 saturated carbocycles. The van der Waals surface area contributed by atoms with Crippen molar-refractivity contribution < 1.29 is 8.78 Å². The third-order valence-corrected chi connectivity index (χ3v) is 0.675. The van der Waals surface area contributed by atoms with Crippen molar-refractivity contribution in [2.75, 3.05) is 0 Å². The number of halogens is 2. The lowest BCUT2D eigenvalue weighted by Crippen LogP contribution is -1.65. The van der Waals surface area contributed by atoms with Gasteiger partial charge in [-0.25, -0.2) is 0 Å². The molecule has 0 rings (SSSR count). The monoisotopic (exact) mass is 158 g/mol. The largest absolute Gasteiger partial charge is 0.270 e. The number of hydrogen-bond donors (Lipinski definition) is 0. The maximum absolute atomic E-state index is 11.4. The van der Waals surface area contributed by atoms with Crippen molar-refractivity contribution in [2.24, 2.45) is 0 Å².